The summed E-state index contributed by atoms with van der Waals surface area (Å²) >= 11 is 6.14. The monoisotopic (exact) mass is 309 g/mol. The number of rotatable bonds is 5. The zero-order valence-corrected chi connectivity index (χ0v) is 12.3. The molecule has 2 rings (SSSR count). The zero-order chi connectivity index (χ0) is 15.2. The van der Waals surface area contributed by atoms with Crippen LogP contribution in [0.25, 0.3) is 0 Å². The van der Waals surface area contributed by atoms with Crippen molar-refractivity contribution in [3.63, 3.8) is 0 Å². The largest absolute Gasteiger partial charge is 0.456 e. The lowest BCUT2D eigenvalue weighted by atomic mass is 10.1. The topological polar surface area (TPSA) is 79.5 Å². The second kappa shape index (κ2) is 6.99. The summed E-state index contributed by atoms with van der Waals surface area (Å²) in [6.45, 7) is 2.20. The highest BCUT2D eigenvalue weighted by Crippen LogP contribution is 2.22. The van der Waals surface area contributed by atoms with Crippen molar-refractivity contribution >= 4 is 29.3 Å². The number of hydrogen-bond donors (Lipinski definition) is 3. The van der Waals surface area contributed by atoms with Gasteiger partial charge in [0.05, 0.1) is 5.70 Å². The van der Waals surface area contributed by atoms with Crippen molar-refractivity contribution in [1.82, 2.24) is 10.9 Å². The number of aryl methyl sites for hydroxylation is 1. The van der Waals surface area contributed by atoms with Gasteiger partial charge in [-0.1, -0.05) is 31.0 Å². The van der Waals surface area contributed by atoms with Crippen LogP contribution in [0, 0.1) is 0 Å². The van der Waals surface area contributed by atoms with Crippen LogP contribution in [0.5, 0.6) is 0 Å². The van der Waals surface area contributed by atoms with Gasteiger partial charge in [0.15, 0.2) is 0 Å². The molecule has 0 saturated carbocycles. The lowest BCUT2D eigenvalue weighted by Crippen LogP contribution is -2.40. The van der Waals surface area contributed by atoms with Crippen LogP contribution in [0.3, 0.4) is 0 Å². The molecule has 0 bridgehead atoms. The predicted octanol–water partition coefficient (Wildman–Crippen LogP) is 2.36. The molecule has 0 radical (unpaired) electrons. The molecule has 3 N–H and O–H groups in total. The Bertz CT molecular complexity index is 587. The summed E-state index contributed by atoms with van der Waals surface area (Å²) in [5, 5.41) is 3.26. The molecule has 1 aliphatic heterocycles. The van der Waals surface area contributed by atoms with E-state index >= 15 is 0 Å². The first kappa shape index (κ1) is 15.2. The first-order valence-electron chi connectivity index (χ1n) is 6.57. The molecule has 0 atom stereocenters. The standard InChI is InChI=1S/C14H16ClN3O3/c1-2-3-9-4-5-10(6-12(9)15)16-14(20)18-17-11-7-13(19)21-8-11/h4-7,17H,2-3,8H2,1H3,(H2,16,18,20). The second-order valence-corrected chi connectivity index (χ2v) is 4.94. The van der Waals surface area contributed by atoms with Crippen LogP contribution in [-0.2, 0) is 16.0 Å². The van der Waals surface area contributed by atoms with Crippen LogP contribution in [0.1, 0.15) is 18.9 Å². The van der Waals surface area contributed by atoms with Crippen molar-refractivity contribution in [2.45, 2.75) is 19.8 Å². The van der Waals surface area contributed by atoms with Gasteiger partial charge in [-0.05, 0) is 24.1 Å². The van der Waals surface area contributed by atoms with Gasteiger partial charge < -0.3 is 10.1 Å². The minimum absolute atomic E-state index is 0.122. The summed E-state index contributed by atoms with van der Waals surface area (Å²) in [6.07, 6.45) is 3.18. The van der Waals surface area contributed by atoms with E-state index < -0.39 is 12.0 Å². The van der Waals surface area contributed by atoms with Crippen molar-refractivity contribution in [2.75, 3.05) is 11.9 Å². The van der Waals surface area contributed by atoms with Gasteiger partial charge in [-0.3, -0.25) is 10.9 Å². The van der Waals surface area contributed by atoms with Crippen LogP contribution >= 0.6 is 11.6 Å². The van der Waals surface area contributed by atoms with Gasteiger partial charge in [-0.2, -0.15) is 0 Å². The molecule has 1 heterocycles. The lowest BCUT2D eigenvalue weighted by Gasteiger charge is -2.11. The molecule has 2 amide bonds. The third-order valence-corrected chi connectivity index (χ3v) is 3.18. The van der Waals surface area contributed by atoms with Crippen molar-refractivity contribution in [3.8, 4) is 0 Å². The van der Waals surface area contributed by atoms with Gasteiger partial charge in [0.2, 0.25) is 0 Å². The van der Waals surface area contributed by atoms with Gasteiger partial charge in [-0.15, -0.1) is 0 Å². The molecule has 21 heavy (non-hydrogen) atoms. The number of anilines is 1. The van der Waals surface area contributed by atoms with E-state index in [0.717, 1.165) is 18.4 Å². The van der Waals surface area contributed by atoms with Crippen molar-refractivity contribution in [2.24, 2.45) is 0 Å². The molecule has 7 heteroatoms. The maximum Gasteiger partial charge on any atom is 0.337 e. The Morgan fingerprint density at radius 3 is 2.86 bits per heavy atom. The minimum Gasteiger partial charge on any atom is -0.456 e. The minimum atomic E-state index is -0.463. The molecule has 1 aromatic carbocycles. The van der Waals surface area contributed by atoms with Gasteiger partial charge >= 0.3 is 12.0 Å². The first-order chi connectivity index (χ1) is 10.1. The molecule has 0 spiro atoms. The van der Waals surface area contributed by atoms with Crippen LogP contribution < -0.4 is 16.2 Å². The highest BCUT2D eigenvalue weighted by molar-refractivity contribution is 6.31. The molecule has 0 unspecified atom stereocenters. The van der Waals surface area contributed by atoms with Crippen LogP contribution in [0.4, 0.5) is 10.5 Å². The average Bonchev–Trinajstić information content (AvgIpc) is 2.86. The number of benzene rings is 1. The van der Waals surface area contributed by atoms with Crippen LogP contribution in [-0.4, -0.2) is 18.6 Å². The van der Waals surface area contributed by atoms with Gasteiger partial charge in [-0.25, -0.2) is 9.59 Å². The highest BCUT2D eigenvalue weighted by atomic mass is 35.5. The number of halogens is 1. The number of amides is 2. The zero-order valence-electron chi connectivity index (χ0n) is 11.5. The van der Waals surface area contributed by atoms with Gasteiger partial charge in [0.25, 0.3) is 0 Å². The van der Waals surface area contributed by atoms with E-state index in [9.17, 15) is 9.59 Å². The Balaban J connectivity index is 1.86. The van der Waals surface area contributed by atoms with Crippen molar-refractivity contribution < 1.29 is 14.3 Å². The number of carbonyl (C=O) groups excluding carboxylic acids is 2. The van der Waals surface area contributed by atoms with Gasteiger partial charge in [0, 0.05) is 16.8 Å². The number of carbonyl (C=O) groups is 2. The number of hydrazine groups is 1. The second-order valence-electron chi connectivity index (χ2n) is 4.54. The smallest absolute Gasteiger partial charge is 0.337 e. The summed E-state index contributed by atoms with van der Waals surface area (Å²) in [6, 6.07) is 4.92. The predicted molar refractivity (Wildman–Crippen MR) is 79.8 cm³/mol. The SMILES string of the molecule is CCCc1ccc(NC(=O)NNC2=CC(=O)OC2)cc1Cl. The summed E-state index contributed by atoms with van der Waals surface area (Å²) < 4.78 is 4.68. The Hall–Kier alpha value is -2.21. The fraction of sp³-hybridized carbons (Fsp3) is 0.286. The Morgan fingerprint density at radius 1 is 1.43 bits per heavy atom. The first-order valence-corrected chi connectivity index (χ1v) is 6.95. The summed E-state index contributed by atoms with van der Waals surface area (Å²) in [5.41, 5.74) is 7.14. The molecule has 0 aromatic heterocycles. The van der Waals surface area contributed by atoms with E-state index in [4.69, 9.17) is 11.6 Å². The summed E-state index contributed by atoms with van der Waals surface area (Å²) in [7, 11) is 0. The molecule has 0 aliphatic carbocycles. The molecule has 6 nitrogen and oxygen atoms in total. The fourth-order valence-electron chi connectivity index (χ4n) is 1.84. The number of esters is 1. The van der Waals surface area contributed by atoms with Crippen LogP contribution in [0.2, 0.25) is 5.02 Å². The lowest BCUT2D eigenvalue weighted by molar-refractivity contribution is -0.134. The number of hydrogen-bond acceptors (Lipinski definition) is 4. The molecule has 0 saturated heterocycles. The van der Waals surface area contributed by atoms with Gasteiger partial charge in [0.1, 0.15) is 6.61 Å². The molecule has 1 aromatic rings. The third-order valence-electron chi connectivity index (χ3n) is 2.83. The Kier molecular flexibility index (Phi) is 5.05. The fourth-order valence-corrected chi connectivity index (χ4v) is 2.12. The maximum atomic E-state index is 11.7. The Morgan fingerprint density at radius 2 is 2.24 bits per heavy atom. The summed E-state index contributed by atoms with van der Waals surface area (Å²) in [5.74, 6) is -0.432. The van der Waals surface area contributed by atoms with E-state index in [0.29, 0.717) is 16.4 Å². The summed E-state index contributed by atoms with van der Waals surface area (Å²) in [4.78, 5) is 22.5. The molecular formula is C14H16ClN3O3. The van der Waals surface area contributed by atoms with E-state index in [1.807, 2.05) is 6.07 Å². The van der Waals surface area contributed by atoms with Crippen LogP contribution in [0.15, 0.2) is 30.0 Å². The molecule has 112 valence electrons. The quantitative estimate of drug-likeness (QED) is 0.576. The van der Waals surface area contributed by atoms with Crippen molar-refractivity contribution in [3.05, 3.63) is 40.6 Å². The number of cyclic esters (lactones) is 1. The van der Waals surface area contributed by atoms with E-state index in [-0.39, 0.29) is 6.61 Å². The maximum absolute atomic E-state index is 11.7. The molecule has 0 fully saturated rings. The third kappa shape index (κ3) is 4.39. The molecule has 1 aliphatic rings. The number of nitrogens with one attached hydrogen (secondary N) is 3. The van der Waals surface area contributed by atoms with Crippen molar-refractivity contribution in [1.29, 1.82) is 0 Å². The van der Waals surface area contributed by atoms with E-state index in [1.54, 1.807) is 12.1 Å². The number of ether oxygens (including phenoxy) is 1. The number of urea groups is 1. The highest BCUT2D eigenvalue weighted by Gasteiger charge is 2.13. The van der Waals surface area contributed by atoms with E-state index in [1.165, 1.54) is 6.08 Å². The molecular weight excluding hydrogens is 294 g/mol. The average molecular weight is 310 g/mol. The Labute approximate surface area is 127 Å². The van der Waals surface area contributed by atoms with E-state index in [2.05, 4.69) is 27.8 Å². The normalized spacial score (nSPS) is 13.4.